The first-order valence-electron chi connectivity index (χ1n) is 13.3. The highest BCUT2D eigenvalue weighted by molar-refractivity contribution is 5.88. The molecule has 0 amide bonds. The van der Waals surface area contributed by atoms with E-state index in [9.17, 15) is 14.4 Å². The molecule has 0 radical (unpaired) electrons. The molecule has 2 aromatic carbocycles. The van der Waals surface area contributed by atoms with Gasteiger partial charge >= 0.3 is 17.9 Å². The van der Waals surface area contributed by atoms with Crippen LogP contribution in [0.2, 0.25) is 0 Å². The number of para-hydroxylation sites is 1. The number of aliphatic carboxylic acids is 3. The van der Waals surface area contributed by atoms with E-state index < -0.39 is 36.4 Å². The number of carboxylic acid groups (broad SMARTS) is 3. The number of nitrogens with one attached hydrogen (secondary N) is 1. The predicted molar refractivity (Wildman–Crippen MR) is 147 cm³/mol. The minimum atomic E-state index is -2.74. The van der Waals surface area contributed by atoms with Crippen molar-refractivity contribution in [1.82, 2.24) is 9.88 Å². The average Bonchev–Trinajstić information content (AvgIpc) is 3.29. The highest BCUT2D eigenvalue weighted by Crippen LogP contribution is 2.53. The van der Waals surface area contributed by atoms with Crippen molar-refractivity contribution in [1.29, 1.82) is 0 Å². The molecule has 10 nitrogen and oxygen atoms in total. The van der Waals surface area contributed by atoms with Crippen LogP contribution in [0.4, 0.5) is 0 Å². The Bertz CT molecular complexity index is 1360. The second-order valence-corrected chi connectivity index (χ2v) is 10.9. The number of hydrogen-bond acceptors (Lipinski definition) is 6. The van der Waals surface area contributed by atoms with Crippen molar-refractivity contribution in [2.75, 3.05) is 20.7 Å². The smallest absolute Gasteiger partial charge is 0.336 e. The number of rotatable bonds is 7. The minimum Gasteiger partial charge on any atom is -0.481 e. The maximum absolute atomic E-state index is 10.3. The van der Waals surface area contributed by atoms with Crippen molar-refractivity contribution in [2.45, 2.75) is 61.7 Å². The van der Waals surface area contributed by atoms with Crippen LogP contribution in [0, 0.1) is 0 Å². The van der Waals surface area contributed by atoms with Crippen LogP contribution in [0.5, 0.6) is 0 Å². The van der Waals surface area contributed by atoms with Crippen LogP contribution < -0.4 is 0 Å². The molecule has 2 heterocycles. The van der Waals surface area contributed by atoms with Crippen LogP contribution in [0.15, 0.2) is 54.6 Å². The number of fused-ring (bicyclic) bond motifs is 4. The number of benzene rings is 2. The van der Waals surface area contributed by atoms with Gasteiger partial charge < -0.3 is 30.1 Å². The van der Waals surface area contributed by atoms with Gasteiger partial charge in [0.05, 0.1) is 25.0 Å². The van der Waals surface area contributed by atoms with Crippen molar-refractivity contribution < 1.29 is 39.5 Å². The summed E-state index contributed by atoms with van der Waals surface area (Å²) in [6.45, 7) is 0.820. The van der Waals surface area contributed by atoms with Crippen LogP contribution >= 0.6 is 0 Å². The van der Waals surface area contributed by atoms with E-state index in [1.165, 1.54) is 27.7 Å². The second kappa shape index (κ2) is 11.4. The Morgan fingerprint density at radius 3 is 2.02 bits per heavy atom. The largest absolute Gasteiger partial charge is 0.481 e. The lowest BCUT2D eigenvalue weighted by atomic mass is 9.67. The maximum Gasteiger partial charge on any atom is 0.336 e. The summed E-state index contributed by atoms with van der Waals surface area (Å²) in [5.41, 5.74) is 2.72. The van der Waals surface area contributed by atoms with Crippen molar-refractivity contribution >= 4 is 28.8 Å². The molecule has 10 heteroatoms. The predicted octanol–water partition coefficient (Wildman–Crippen LogP) is 3.72. The summed E-state index contributed by atoms with van der Waals surface area (Å²) < 4.78 is 6.57. The summed E-state index contributed by atoms with van der Waals surface area (Å²) >= 11 is 0. The zero-order chi connectivity index (χ0) is 29.1. The fraction of sp³-hybridized carbons (Fsp3) is 0.433. The van der Waals surface area contributed by atoms with Crippen molar-refractivity contribution in [3.05, 3.63) is 71.4 Å². The standard InChI is InChI=1S/C24H28N2O.C6H8O7/c1-26(2)23(18-8-4-3-5-9-18)13-15-24(16-14-23)22-19-10-6-7-11-20(19)25-21(22)12-17-27-24;7-3(8)1-6(13,5(11)12)2-4(9)10/h3-11,25H,12-17H2,1-2H3;13H,1-2H2,(H,7,8)(H,9,10)(H,11,12). The van der Waals surface area contributed by atoms with Gasteiger partial charge in [-0.3, -0.25) is 14.5 Å². The van der Waals surface area contributed by atoms with Crippen LogP contribution in [0.1, 0.15) is 55.3 Å². The Morgan fingerprint density at radius 2 is 1.48 bits per heavy atom. The Hall–Kier alpha value is -3.73. The molecule has 214 valence electrons. The molecule has 2 aliphatic rings. The first kappa shape index (κ1) is 29.3. The number of H-pyrrole nitrogens is 1. The summed E-state index contributed by atoms with van der Waals surface area (Å²) in [7, 11) is 4.45. The first-order chi connectivity index (χ1) is 18.9. The maximum atomic E-state index is 10.3. The molecule has 0 bridgehead atoms. The fourth-order valence-electron chi connectivity index (χ4n) is 6.24. The summed E-state index contributed by atoms with van der Waals surface area (Å²) in [5.74, 6) is -5.02. The molecule has 0 unspecified atom stereocenters. The molecule has 0 atom stereocenters. The third kappa shape index (κ3) is 5.60. The van der Waals surface area contributed by atoms with Gasteiger partial charge in [-0.05, 0) is 51.4 Å². The van der Waals surface area contributed by atoms with Gasteiger partial charge in [-0.25, -0.2) is 4.79 Å². The number of carboxylic acids is 3. The number of aliphatic hydroxyl groups is 1. The van der Waals surface area contributed by atoms with Crippen LogP contribution in [-0.4, -0.2) is 74.5 Å². The van der Waals surface area contributed by atoms with E-state index >= 15 is 0 Å². The zero-order valence-electron chi connectivity index (χ0n) is 22.7. The van der Waals surface area contributed by atoms with E-state index in [2.05, 4.69) is 78.6 Å². The molecule has 1 spiro atoms. The van der Waals surface area contributed by atoms with Gasteiger partial charge in [0.15, 0.2) is 5.60 Å². The normalized spacial score (nSPS) is 22.4. The SMILES string of the molecule is CN(C)C1(c2ccccc2)CCC2(CC1)OCCc1[nH]c3ccccc3c12.O=C(O)CC(O)(CC(=O)O)C(=O)O. The fourth-order valence-corrected chi connectivity index (χ4v) is 6.24. The molecule has 1 saturated carbocycles. The number of hydrogen-bond donors (Lipinski definition) is 5. The summed E-state index contributed by atoms with van der Waals surface area (Å²) in [4.78, 5) is 36.6. The van der Waals surface area contributed by atoms with Crippen molar-refractivity contribution in [3.8, 4) is 0 Å². The number of ether oxygens (including phenoxy) is 1. The lowest BCUT2D eigenvalue weighted by Crippen LogP contribution is -2.49. The Kier molecular flexibility index (Phi) is 8.34. The van der Waals surface area contributed by atoms with Gasteiger partial charge in [0.25, 0.3) is 0 Å². The molecule has 5 rings (SSSR count). The van der Waals surface area contributed by atoms with Crippen LogP contribution in [0.3, 0.4) is 0 Å². The lowest BCUT2D eigenvalue weighted by Gasteiger charge is -2.51. The van der Waals surface area contributed by atoms with Crippen molar-refractivity contribution in [2.24, 2.45) is 0 Å². The van der Waals surface area contributed by atoms with Gasteiger partial charge in [0.2, 0.25) is 0 Å². The van der Waals surface area contributed by atoms with Crippen LogP contribution in [-0.2, 0) is 36.7 Å². The van der Waals surface area contributed by atoms with E-state index in [1.807, 2.05) is 0 Å². The molecule has 3 aromatic rings. The molecule has 1 aromatic heterocycles. The molecule has 1 aliphatic carbocycles. The number of aromatic nitrogens is 1. The van der Waals surface area contributed by atoms with Gasteiger partial charge in [0.1, 0.15) is 0 Å². The zero-order valence-corrected chi connectivity index (χ0v) is 22.7. The third-order valence-corrected chi connectivity index (χ3v) is 8.31. The third-order valence-electron chi connectivity index (χ3n) is 8.31. The second-order valence-electron chi connectivity index (χ2n) is 10.9. The topological polar surface area (TPSA) is 160 Å². The Balaban J connectivity index is 0.000000243. The van der Waals surface area contributed by atoms with E-state index in [0.717, 1.165) is 38.7 Å². The van der Waals surface area contributed by atoms with Gasteiger partial charge in [0, 0.05) is 34.1 Å². The van der Waals surface area contributed by atoms with E-state index in [4.69, 9.17) is 25.2 Å². The minimum absolute atomic E-state index is 0.0968. The monoisotopic (exact) mass is 552 g/mol. The summed E-state index contributed by atoms with van der Waals surface area (Å²) in [6.07, 6.45) is 3.06. The van der Waals surface area contributed by atoms with Crippen molar-refractivity contribution in [3.63, 3.8) is 0 Å². The van der Waals surface area contributed by atoms with E-state index in [0.29, 0.717) is 0 Å². The van der Waals surface area contributed by atoms with E-state index in [1.54, 1.807) is 0 Å². The number of aromatic amines is 1. The van der Waals surface area contributed by atoms with Gasteiger partial charge in [-0.2, -0.15) is 0 Å². The molecule has 1 fully saturated rings. The quantitative estimate of drug-likeness (QED) is 0.294. The number of nitrogens with zero attached hydrogens (tertiary/aromatic N) is 1. The molecule has 40 heavy (non-hydrogen) atoms. The molecular weight excluding hydrogens is 516 g/mol. The summed E-state index contributed by atoms with van der Waals surface area (Å²) in [5, 5.41) is 35.2. The summed E-state index contributed by atoms with van der Waals surface area (Å²) in [6, 6.07) is 19.7. The van der Waals surface area contributed by atoms with Gasteiger partial charge in [-0.15, -0.1) is 0 Å². The van der Waals surface area contributed by atoms with E-state index in [-0.39, 0.29) is 11.1 Å². The molecular formula is C30H36N2O8. The average molecular weight is 553 g/mol. The highest BCUT2D eigenvalue weighted by atomic mass is 16.5. The molecule has 1 aliphatic heterocycles. The molecule has 5 N–H and O–H groups in total. The van der Waals surface area contributed by atoms with Gasteiger partial charge in [-0.1, -0.05) is 48.5 Å². The highest BCUT2D eigenvalue weighted by Gasteiger charge is 2.49. The first-order valence-corrected chi connectivity index (χ1v) is 13.3. The Morgan fingerprint density at radius 1 is 0.900 bits per heavy atom. The number of carbonyl (C=O) groups is 3. The lowest BCUT2D eigenvalue weighted by molar-refractivity contribution is -0.170. The molecule has 0 saturated heterocycles. The Labute approximate surface area is 232 Å². The van der Waals surface area contributed by atoms with Crippen LogP contribution in [0.25, 0.3) is 10.9 Å².